The van der Waals surface area contributed by atoms with Crippen LogP contribution in [0.2, 0.25) is 0 Å². The highest BCUT2D eigenvalue weighted by atomic mass is 35.5. The average molecular weight is 327 g/mol. The normalized spacial score (nSPS) is 22.4. The van der Waals surface area contributed by atoms with Crippen LogP contribution in [0.3, 0.4) is 0 Å². The summed E-state index contributed by atoms with van der Waals surface area (Å²) in [6, 6.07) is 8.22. The smallest absolute Gasteiger partial charge is 0.228 e. The maximum absolute atomic E-state index is 12.3. The first-order valence-corrected chi connectivity index (χ1v) is 8.72. The molecule has 2 fully saturated rings. The Morgan fingerprint density at radius 3 is 2.62 bits per heavy atom. The van der Waals surface area contributed by atoms with E-state index >= 15 is 0 Å². The van der Waals surface area contributed by atoms with Crippen molar-refractivity contribution < 1.29 is 4.79 Å². The first-order chi connectivity index (χ1) is 9.73. The molecule has 21 heavy (non-hydrogen) atoms. The molecule has 1 aliphatic carbocycles. The number of nitrogens with one attached hydrogen (secondary N) is 2. The summed E-state index contributed by atoms with van der Waals surface area (Å²) in [7, 11) is 0. The Kier molecular flexibility index (Phi) is 5.58. The summed E-state index contributed by atoms with van der Waals surface area (Å²) in [6.07, 6.45) is 5.47. The number of carbonyl (C=O) groups excluding carboxylic acids is 1. The quantitative estimate of drug-likeness (QED) is 0.892. The SMILES string of the molecule is CSCc1ccc(NC(=O)C2CC23CCNCC3)cc1.Cl. The van der Waals surface area contributed by atoms with E-state index in [1.165, 1.54) is 5.56 Å². The second-order valence-electron chi connectivity index (χ2n) is 5.99. The molecular weight excluding hydrogens is 304 g/mol. The van der Waals surface area contributed by atoms with E-state index < -0.39 is 0 Å². The Labute approximate surface area is 137 Å². The lowest BCUT2D eigenvalue weighted by Gasteiger charge is -2.23. The van der Waals surface area contributed by atoms with Gasteiger partial charge in [-0.05, 0) is 61.7 Å². The van der Waals surface area contributed by atoms with E-state index in [0.29, 0.717) is 5.41 Å². The van der Waals surface area contributed by atoms with E-state index in [9.17, 15) is 4.79 Å². The van der Waals surface area contributed by atoms with Crippen LogP contribution in [-0.4, -0.2) is 25.3 Å². The van der Waals surface area contributed by atoms with E-state index in [2.05, 4.69) is 29.0 Å². The molecule has 1 saturated carbocycles. The Bertz CT molecular complexity index is 486. The minimum atomic E-state index is 0. The molecule has 0 bridgehead atoms. The first kappa shape index (κ1) is 16.7. The maximum Gasteiger partial charge on any atom is 0.228 e. The van der Waals surface area contributed by atoms with Gasteiger partial charge in [-0.3, -0.25) is 4.79 Å². The van der Waals surface area contributed by atoms with Crippen LogP contribution in [0.4, 0.5) is 5.69 Å². The predicted octanol–water partition coefficient (Wildman–Crippen LogP) is 3.30. The molecular formula is C16H23ClN2OS. The van der Waals surface area contributed by atoms with E-state index in [1.807, 2.05) is 23.9 Å². The molecule has 2 aliphatic rings. The minimum absolute atomic E-state index is 0. The maximum atomic E-state index is 12.3. The highest BCUT2D eigenvalue weighted by molar-refractivity contribution is 7.97. The number of thioether (sulfide) groups is 1. The van der Waals surface area contributed by atoms with Gasteiger partial charge in [0.15, 0.2) is 0 Å². The highest BCUT2D eigenvalue weighted by Crippen LogP contribution is 2.58. The third-order valence-electron chi connectivity index (χ3n) is 4.64. The molecule has 1 aromatic carbocycles. The van der Waals surface area contributed by atoms with Crippen LogP contribution in [0.1, 0.15) is 24.8 Å². The molecule has 1 aliphatic heterocycles. The number of anilines is 1. The number of amides is 1. The molecule has 0 radical (unpaired) electrons. The highest BCUT2D eigenvalue weighted by Gasteiger charge is 2.57. The van der Waals surface area contributed by atoms with Crippen LogP contribution in [0.5, 0.6) is 0 Å². The summed E-state index contributed by atoms with van der Waals surface area (Å²) in [6.45, 7) is 2.13. The monoisotopic (exact) mass is 326 g/mol. The molecule has 3 rings (SSSR count). The van der Waals surface area contributed by atoms with Crippen molar-refractivity contribution >= 4 is 35.8 Å². The molecule has 3 nitrogen and oxygen atoms in total. The van der Waals surface area contributed by atoms with E-state index in [4.69, 9.17) is 0 Å². The van der Waals surface area contributed by atoms with Gasteiger partial charge in [0.2, 0.25) is 5.91 Å². The fourth-order valence-electron chi connectivity index (χ4n) is 3.28. The molecule has 2 N–H and O–H groups in total. The standard InChI is InChI=1S/C16H22N2OS.ClH/c1-20-11-12-2-4-13(5-3-12)18-15(19)14-10-16(14)6-8-17-9-7-16;/h2-5,14,17H,6-11H2,1H3,(H,18,19);1H. The van der Waals surface area contributed by atoms with Crippen molar-refractivity contribution in [3.8, 4) is 0 Å². The molecule has 1 amide bonds. The van der Waals surface area contributed by atoms with E-state index in [1.54, 1.807) is 0 Å². The molecule has 1 heterocycles. The number of piperidine rings is 1. The van der Waals surface area contributed by atoms with Crippen molar-refractivity contribution in [2.45, 2.75) is 25.0 Å². The van der Waals surface area contributed by atoms with E-state index in [-0.39, 0.29) is 24.2 Å². The minimum Gasteiger partial charge on any atom is -0.326 e. The third kappa shape index (κ3) is 3.74. The summed E-state index contributed by atoms with van der Waals surface area (Å²) < 4.78 is 0. The van der Waals surface area contributed by atoms with Gasteiger partial charge in [0.25, 0.3) is 0 Å². The number of halogens is 1. The number of benzene rings is 1. The predicted molar refractivity (Wildman–Crippen MR) is 92.2 cm³/mol. The second kappa shape index (κ2) is 7.03. The van der Waals surface area contributed by atoms with Crippen molar-refractivity contribution in [2.24, 2.45) is 11.3 Å². The average Bonchev–Trinajstić information content (AvgIpc) is 3.16. The molecule has 116 valence electrons. The van der Waals surface area contributed by atoms with Crippen LogP contribution in [0, 0.1) is 11.3 Å². The first-order valence-electron chi connectivity index (χ1n) is 7.33. The van der Waals surface area contributed by atoms with Crippen LogP contribution >= 0.6 is 24.2 Å². The van der Waals surface area contributed by atoms with Crippen LogP contribution < -0.4 is 10.6 Å². The van der Waals surface area contributed by atoms with Crippen molar-refractivity contribution in [1.29, 1.82) is 0 Å². The van der Waals surface area contributed by atoms with Gasteiger partial charge < -0.3 is 10.6 Å². The van der Waals surface area contributed by atoms with Gasteiger partial charge in [-0.1, -0.05) is 12.1 Å². The molecule has 1 atom stereocenters. The zero-order valence-electron chi connectivity index (χ0n) is 12.4. The zero-order valence-corrected chi connectivity index (χ0v) is 14.0. The van der Waals surface area contributed by atoms with Gasteiger partial charge in [-0.2, -0.15) is 11.8 Å². The second-order valence-corrected chi connectivity index (χ2v) is 6.85. The van der Waals surface area contributed by atoms with Gasteiger partial charge in [-0.15, -0.1) is 12.4 Å². The Balaban J connectivity index is 0.00000161. The van der Waals surface area contributed by atoms with Gasteiger partial charge >= 0.3 is 0 Å². The van der Waals surface area contributed by atoms with Crippen LogP contribution in [0.15, 0.2) is 24.3 Å². The number of hydrogen-bond acceptors (Lipinski definition) is 3. The molecule has 1 unspecified atom stereocenters. The number of carbonyl (C=O) groups is 1. The van der Waals surface area contributed by atoms with Gasteiger partial charge in [-0.25, -0.2) is 0 Å². The number of rotatable bonds is 4. The Morgan fingerprint density at radius 2 is 2.00 bits per heavy atom. The fraction of sp³-hybridized carbons (Fsp3) is 0.562. The lowest BCUT2D eigenvalue weighted by atomic mass is 9.92. The Morgan fingerprint density at radius 1 is 1.33 bits per heavy atom. The van der Waals surface area contributed by atoms with Gasteiger partial charge in [0, 0.05) is 17.4 Å². The molecule has 0 aromatic heterocycles. The zero-order chi connectivity index (χ0) is 14.0. The molecule has 1 aromatic rings. The fourth-order valence-corrected chi connectivity index (χ4v) is 3.80. The molecule has 1 saturated heterocycles. The summed E-state index contributed by atoms with van der Waals surface area (Å²) >= 11 is 1.81. The topological polar surface area (TPSA) is 41.1 Å². The Hall–Kier alpha value is -0.710. The van der Waals surface area contributed by atoms with Crippen LogP contribution in [-0.2, 0) is 10.5 Å². The largest absolute Gasteiger partial charge is 0.326 e. The lowest BCUT2D eigenvalue weighted by molar-refractivity contribution is -0.118. The summed E-state index contributed by atoms with van der Waals surface area (Å²) in [5.41, 5.74) is 2.54. The van der Waals surface area contributed by atoms with Gasteiger partial charge in [0.05, 0.1) is 0 Å². The third-order valence-corrected chi connectivity index (χ3v) is 5.26. The van der Waals surface area contributed by atoms with Crippen molar-refractivity contribution in [3.05, 3.63) is 29.8 Å². The van der Waals surface area contributed by atoms with E-state index in [0.717, 1.165) is 43.8 Å². The summed E-state index contributed by atoms with van der Waals surface area (Å²) in [4.78, 5) is 12.3. The molecule has 5 heteroatoms. The molecule has 1 spiro atoms. The van der Waals surface area contributed by atoms with Crippen LogP contribution in [0.25, 0.3) is 0 Å². The van der Waals surface area contributed by atoms with Gasteiger partial charge in [0.1, 0.15) is 0 Å². The summed E-state index contributed by atoms with van der Waals surface area (Å²) in [5, 5.41) is 6.45. The summed E-state index contributed by atoms with van der Waals surface area (Å²) in [5.74, 6) is 1.47. The van der Waals surface area contributed by atoms with Crippen molar-refractivity contribution in [3.63, 3.8) is 0 Å². The van der Waals surface area contributed by atoms with Crippen molar-refractivity contribution in [1.82, 2.24) is 5.32 Å². The number of hydrogen-bond donors (Lipinski definition) is 2. The van der Waals surface area contributed by atoms with Crippen molar-refractivity contribution in [2.75, 3.05) is 24.7 Å². The lowest BCUT2D eigenvalue weighted by Crippen LogP contribution is -2.31.